The molecule has 0 aromatic rings. The van der Waals surface area contributed by atoms with Crippen LogP contribution in [0, 0.1) is 17.3 Å². The predicted octanol–water partition coefficient (Wildman–Crippen LogP) is 2.46. The van der Waals surface area contributed by atoms with Crippen LogP contribution in [0.5, 0.6) is 0 Å². The molecule has 88 valence electrons. The van der Waals surface area contributed by atoms with E-state index in [4.69, 9.17) is 0 Å². The third-order valence-electron chi connectivity index (χ3n) is 5.15. The molecule has 2 fully saturated rings. The van der Waals surface area contributed by atoms with E-state index in [1.165, 1.54) is 5.57 Å². The standard InChI is InChI=1S/C14H20O2/c1-8-10(15)6-9-7-14(16)5-4-13(2,3)12(14)11(8)9/h9,12,16H,4-7H2,1-3H3/t9-,12-,14+/m0/s1. The van der Waals surface area contributed by atoms with Crippen molar-refractivity contribution in [1.82, 2.24) is 0 Å². The molecule has 1 N–H and O–H groups in total. The zero-order valence-electron chi connectivity index (χ0n) is 10.3. The summed E-state index contributed by atoms with van der Waals surface area (Å²) in [5.41, 5.74) is 1.91. The smallest absolute Gasteiger partial charge is 0.159 e. The Labute approximate surface area is 96.7 Å². The van der Waals surface area contributed by atoms with Crippen LogP contribution in [-0.2, 0) is 4.79 Å². The largest absolute Gasteiger partial charge is 0.389 e. The van der Waals surface area contributed by atoms with Crippen LogP contribution in [-0.4, -0.2) is 16.5 Å². The van der Waals surface area contributed by atoms with Gasteiger partial charge in [0.1, 0.15) is 0 Å². The Hall–Kier alpha value is -0.630. The first-order valence-corrected chi connectivity index (χ1v) is 6.31. The van der Waals surface area contributed by atoms with Crippen molar-refractivity contribution in [3.8, 4) is 0 Å². The number of ketones is 1. The highest BCUT2D eigenvalue weighted by atomic mass is 16.3. The van der Waals surface area contributed by atoms with Gasteiger partial charge in [0, 0.05) is 12.3 Å². The molecule has 3 aliphatic carbocycles. The zero-order valence-corrected chi connectivity index (χ0v) is 10.3. The Morgan fingerprint density at radius 1 is 1.31 bits per heavy atom. The third kappa shape index (κ3) is 1.09. The lowest BCUT2D eigenvalue weighted by Gasteiger charge is -2.32. The van der Waals surface area contributed by atoms with Gasteiger partial charge in [-0.05, 0) is 43.1 Å². The molecular weight excluding hydrogens is 200 g/mol. The molecule has 3 atom stereocenters. The number of aliphatic hydroxyl groups is 1. The molecule has 0 heterocycles. The van der Waals surface area contributed by atoms with Gasteiger partial charge in [0.2, 0.25) is 0 Å². The number of carbonyl (C=O) groups excluding carboxylic acids is 1. The average Bonchev–Trinajstić information content (AvgIpc) is 2.67. The Morgan fingerprint density at radius 2 is 2.00 bits per heavy atom. The summed E-state index contributed by atoms with van der Waals surface area (Å²) in [7, 11) is 0. The second-order valence-corrected chi connectivity index (χ2v) is 6.63. The average molecular weight is 220 g/mol. The van der Waals surface area contributed by atoms with Crippen LogP contribution < -0.4 is 0 Å². The van der Waals surface area contributed by atoms with Gasteiger partial charge in [-0.2, -0.15) is 0 Å². The fourth-order valence-electron chi connectivity index (χ4n) is 4.50. The molecule has 0 radical (unpaired) electrons. The predicted molar refractivity (Wildman–Crippen MR) is 61.9 cm³/mol. The van der Waals surface area contributed by atoms with Gasteiger partial charge in [-0.15, -0.1) is 0 Å². The Bertz CT molecular complexity index is 405. The fourth-order valence-corrected chi connectivity index (χ4v) is 4.50. The van der Waals surface area contributed by atoms with E-state index in [-0.39, 0.29) is 11.3 Å². The fraction of sp³-hybridized carbons (Fsp3) is 0.786. The summed E-state index contributed by atoms with van der Waals surface area (Å²) in [4.78, 5) is 11.8. The van der Waals surface area contributed by atoms with Gasteiger partial charge >= 0.3 is 0 Å². The van der Waals surface area contributed by atoms with Crippen LogP contribution in [0.15, 0.2) is 11.1 Å². The number of carbonyl (C=O) groups is 1. The Morgan fingerprint density at radius 3 is 2.69 bits per heavy atom. The molecule has 0 aromatic heterocycles. The number of hydrogen-bond donors (Lipinski definition) is 1. The van der Waals surface area contributed by atoms with E-state index in [0.717, 1.165) is 24.8 Å². The van der Waals surface area contributed by atoms with Crippen molar-refractivity contribution in [3.05, 3.63) is 11.1 Å². The van der Waals surface area contributed by atoms with Crippen molar-refractivity contribution in [3.63, 3.8) is 0 Å². The molecule has 3 aliphatic rings. The van der Waals surface area contributed by atoms with E-state index in [1.54, 1.807) is 0 Å². The highest BCUT2D eigenvalue weighted by Gasteiger charge is 2.61. The summed E-state index contributed by atoms with van der Waals surface area (Å²) in [6, 6.07) is 0. The SMILES string of the molecule is CC1=C2[C@@H](CC1=O)C[C@]1(O)CCC(C)(C)[C@H]21. The summed E-state index contributed by atoms with van der Waals surface area (Å²) < 4.78 is 0. The van der Waals surface area contributed by atoms with Crippen LogP contribution in [0.25, 0.3) is 0 Å². The van der Waals surface area contributed by atoms with E-state index < -0.39 is 5.60 Å². The maximum atomic E-state index is 11.8. The van der Waals surface area contributed by atoms with Gasteiger partial charge < -0.3 is 5.11 Å². The van der Waals surface area contributed by atoms with Gasteiger partial charge in [0.05, 0.1) is 5.60 Å². The van der Waals surface area contributed by atoms with Crippen molar-refractivity contribution in [2.24, 2.45) is 17.3 Å². The molecule has 16 heavy (non-hydrogen) atoms. The molecule has 0 spiro atoms. The van der Waals surface area contributed by atoms with Crippen LogP contribution in [0.4, 0.5) is 0 Å². The zero-order chi connectivity index (χ0) is 11.7. The lowest BCUT2D eigenvalue weighted by atomic mass is 9.75. The van der Waals surface area contributed by atoms with Crippen LogP contribution in [0.1, 0.15) is 46.5 Å². The first-order chi connectivity index (χ1) is 7.35. The molecule has 0 aromatic carbocycles. The minimum absolute atomic E-state index is 0.157. The summed E-state index contributed by atoms with van der Waals surface area (Å²) >= 11 is 0. The maximum absolute atomic E-state index is 11.8. The van der Waals surface area contributed by atoms with Crippen molar-refractivity contribution >= 4 is 5.78 Å². The van der Waals surface area contributed by atoms with Crippen molar-refractivity contribution in [2.75, 3.05) is 0 Å². The summed E-state index contributed by atoms with van der Waals surface area (Å²) in [6.07, 6.45) is 3.45. The van der Waals surface area contributed by atoms with E-state index in [1.807, 2.05) is 6.92 Å². The van der Waals surface area contributed by atoms with Gasteiger partial charge in [0.15, 0.2) is 5.78 Å². The molecule has 2 saturated carbocycles. The first-order valence-electron chi connectivity index (χ1n) is 6.31. The first kappa shape index (κ1) is 10.5. The van der Waals surface area contributed by atoms with E-state index in [9.17, 15) is 9.90 Å². The lowest BCUT2D eigenvalue weighted by molar-refractivity contribution is -0.115. The van der Waals surface area contributed by atoms with Gasteiger partial charge in [-0.3, -0.25) is 4.79 Å². The molecule has 0 aliphatic heterocycles. The van der Waals surface area contributed by atoms with Crippen molar-refractivity contribution < 1.29 is 9.90 Å². The minimum atomic E-state index is -0.508. The minimum Gasteiger partial charge on any atom is -0.389 e. The molecule has 2 nitrogen and oxygen atoms in total. The lowest BCUT2D eigenvalue weighted by Crippen LogP contribution is -2.34. The molecule has 0 bridgehead atoms. The van der Waals surface area contributed by atoms with Crippen LogP contribution in [0.3, 0.4) is 0 Å². The summed E-state index contributed by atoms with van der Waals surface area (Å²) in [6.45, 7) is 6.43. The van der Waals surface area contributed by atoms with Crippen molar-refractivity contribution in [2.45, 2.75) is 52.1 Å². The van der Waals surface area contributed by atoms with Gasteiger partial charge in [0.25, 0.3) is 0 Å². The second kappa shape index (κ2) is 2.79. The summed E-state index contributed by atoms with van der Waals surface area (Å²) in [5.74, 6) is 0.892. The molecular formula is C14H20O2. The van der Waals surface area contributed by atoms with E-state index >= 15 is 0 Å². The topological polar surface area (TPSA) is 37.3 Å². The second-order valence-electron chi connectivity index (χ2n) is 6.63. The molecule has 0 amide bonds. The quantitative estimate of drug-likeness (QED) is 0.681. The van der Waals surface area contributed by atoms with Gasteiger partial charge in [-0.1, -0.05) is 19.4 Å². The van der Waals surface area contributed by atoms with E-state index in [0.29, 0.717) is 18.1 Å². The van der Waals surface area contributed by atoms with Crippen molar-refractivity contribution in [1.29, 1.82) is 0 Å². The monoisotopic (exact) mass is 220 g/mol. The molecule has 0 unspecified atom stereocenters. The Kier molecular flexibility index (Phi) is 1.83. The van der Waals surface area contributed by atoms with Gasteiger partial charge in [-0.25, -0.2) is 0 Å². The molecule has 0 saturated heterocycles. The summed E-state index contributed by atoms with van der Waals surface area (Å²) in [5, 5.41) is 10.7. The van der Waals surface area contributed by atoms with Crippen LogP contribution in [0.2, 0.25) is 0 Å². The maximum Gasteiger partial charge on any atom is 0.159 e. The number of rotatable bonds is 0. The molecule has 2 heteroatoms. The highest BCUT2D eigenvalue weighted by Crippen LogP contribution is 2.63. The number of fused-ring (bicyclic) bond motifs is 3. The van der Waals surface area contributed by atoms with E-state index in [2.05, 4.69) is 13.8 Å². The number of hydrogen-bond acceptors (Lipinski definition) is 2. The van der Waals surface area contributed by atoms with Crippen LogP contribution >= 0.6 is 0 Å². The highest BCUT2D eigenvalue weighted by molar-refractivity contribution is 5.99. The number of allylic oxidation sites excluding steroid dienone is 1. The normalized spacial score (nSPS) is 45.1. The third-order valence-corrected chi connectivity index (χ3v) is 5.15. The number of Topliss-reactive ketones (excluding diaryl/α,β-unsaturated/α-hetero) is 1. The molecule has 3 rings (SSSR count). The Balaban J connectivity index is 2.13.